The molecule has 0 radical (unpaired) electrons. The number of hydrogen-bond acceptors (Lipinski definition) is 2. The lowest BCUT2D eigenvalue weighted by atomic mass is 9.61. The molecule has 2 heteroatoms. The number of esters is 1. The van der Waals surface area contributed by atoms with Crippen molar-refractivity contribution in [2.75, 3.05) is 0 Å². The summed E-state index contributed by atoms with van der Waals surface area (Å²) in [7, 11) is 0. The number of carbonyl (C=O) groups excluding carboxylic acids is 1. The molecule has 1 saturated heterocycles. The van der Waals surface area contributed by atoms with E-state index in [1.54, 1.807) is 0 Å². The van der Waals surface area contributed by atoms with E-state index in [2.05, 4.69) is 27.7 Å². The van der Waals surface area contributed by atoms with E-state index >= 15 is 0 Å². The Bertz CT molecular complexity index is 320. The highest BCUT2D eigenvalue weighted by atomic mass is 16.6. The maximum absolute atomic E-state index is 11.9. The molecule has 2 aliphatic carbocycles. The monoisotopic (exact) mass is 194 g/mol. The van der Waals surface area contributed by atoms with Crippen LogP contribution in [0.4, 0.5) is 0 Å². The first-order valence-corrected chi connectivity index (χ1v) is 5.63. The molecule has 3 aliphatic rings. The summed E-state index contributed by atoms with van der Waals surface area (Å²) in [5.74, 6) is 1.57. The number of ether oxygens (including phenoxy) is 1. The van der Waals surface area contributed by atoms with Crippen LogP contribution in [0.25, 0.3) is 0 Å². The summed E-state index contributed by atoms with van der Waals surface area (Å²) in [6, 6.07) is 0. The summed E-state index contributed by atoms with van der Waals surface area (Å²) in [5.41, 5.74) is 0.155. The fourth-order valence-electron chi connectivity index (χ4n) is 4.39. The molecular formula is C12H18O2. The Labute approximate surface area is 85.0 Å². The van der Waals surface area contributed by atoms with Crippen LogP contribution >= 0.6 is 0 Å². The van der Waals surface area contributed by atoms with Crippen LogP contribution in [0.2, 0.25) is 0 Å². The SMILES string of the molecule is CC1C2OC(=O)C3(C)C2CC1(C)C3C. The lowest BCUT2D eigenvalue weighted by molar-refractivity contribution is -0.148. The molecule has 1 aliphatic heterocycles. The Morgan fingerprint density at radius 2 is 2.00 bits per heavy atom. The summed E-state index contributed by atoms with van der Waals surface area (Å²) >= 11 is 0. The molecule has 14 heavy (non-hydrogen) atoms. The zero-order chi connectivity index (χ0) is 10.3. The average Bonchev–Trinajstić information content (AvgIpc) is 2.59. The molecule has 6 unspecified atom stereocenters. The quantitative estimate of drug-likeness (QED) is 0.553. The van der Waals surface area contributed by atoms with Gasteiger partial charge >= 0.3 is 5.97 Å². The standard InChI is InChI=1S/C12H18O2/c1-6-9-8-5-11(6,3)7(2)12(8,4)10(13)14-9/h6-9H,5H2,1-4H3. The van der Waals surface area contributed by atoms with E-state index in [-0.39, 0.29) is 17.5 Å². The van der Waals surface area contributed by atoms with Gasteiger partial charge in [0.15, 0.2) is 0 Å². The van der Waals surface area contributed by atoms with Crippen LogP contribution in [0.3, 0.4) is 0 Å². The first kappa shape index (κ1) is 8.75. The largest absolute Gasteiger partial charge is 0.461 e. The summed E-state index contributed by atoms with van der Waals surface area (Å²) in [4.78, 5) is 11.9. The van der Waals surface area contributed by atoms with Gasteiger partial charge in [-0.15, -0.1) is 0 Å². The van der Waals surface area contributed by atoms with E-state index in [1.165, 1.54) is 6.42 Å². The fraction of sp³-hybridized carbons (Fsp3) is 0.917. The molecular weight excluding hydrogens is 176 g/mol. The highest BCUT2D eigenvalue weighted by molar-refractivity contribution is 5.81. The summed E-state index contributed by atoms with van der Waals surface area (Å²) in [6.07, 6.45) is 1.40. The molecule has 0 amide bonds. The summed E-state index contributed by atoms with van der Waals surface area (Å²) in [6.45, 7) is 8.93. The second kappa shape index (κ2) is 2.02. The molecule has 78 valence electrons. The number of hydrogen-bond donors (Lipinski definition) is 0. The van der Waals surface area contributed by atoms with Crippen molar-refractivity contribution in [2.24, 2.45) is 28.6 Å². The Kier molecular flexibility index (Phi) is 1.27. The minimum atomic E-state index is -0.175. The molecule has 2 nitrogen and oxygen atoms in total. The Hall–Kier alpha value is -0.530. The maximum atomic E-state index is 11.9. The third-order valence-electron chi connectivity index (χ3n) is 5.93. The van der Waals surface area contributed by atoms with Gasteiger partial charge in [0.1, 0.15) is 6.10 Å². The molecule has 0 aromatic rings. The van der Waals surface area contributed by atoms with E-state index in [0.717, 1.165) is 0 Å². The van der Waals surface area contributed by atoms with Crippen LogP contribution in [0.5, 0.6) is 0 Å². The van der Waals surface area contributed by atoms with Crippen LogP contribution in [0.15, 0.2) is 0 Å². The third-order valence-corrected chi connectivity index (χ3v) is 5.93. The van der Waals surface area contributed by atoms with Crippen molar-refractivity contribution >= 4 is 5.97 Å². The van der Waals surface area contributed by atoms with Gasteiger partial charge in [0.2, 0.25) is 0 Å². The van der Waals surface area contributed by atoms with Crippen LogP contribution in [-0.2, 0) is 9.53 Å². The molecule has 0 aromatic heterocycles. The minimum Gasteiger partial charge on any atom is -0.461 e. The summed E-state index contributed by atoms with van der Waals surface area (Å²) in [5, 5.41) is 0. The number of fused-ring (bicyclic) bond motifs is 1. The smallest absolute Gasteiger partial charge is 0.312 e. The molecule has 0 N–H and O–H groups in total. The highest BCUT2D eigenvalue weighted by Gasteiger charge is 2.74. The minimum absolute atomic E-state index is 0.0630. The van der Waals surface area contributed by atoms with Gasteiger partial charge < -0.3 is 4.74 Å². The van der Waals surface area contributed by atoms with Crippen LogP contribution in [-0.4, -0.2) is 12.1 Å². The Balaban J connectivity index is 2.18. The molecule has 2 saturated carbocycles. The average molecular weight is 194 g/mol. The van der Waals surface area contributed by atoms with Crippen LogP contribution in [0.1, 0.15) is 34.1 Å². The fourth-order valence-corrected chi connectivity index (χ4v) is 4.39. The van der Waals surface area contributed by atoms with Gasteiger partial charge in [0, 0.05) is 5.92 Å². The molecule has 3 fully saturated rings. The van der Waals surface area contributed by atoms with Gasteiger partial charge in [-0.2, -0.15) is 0 Å². The number of rotatable bonds is 0. The van der Waals surface area contributed by atoms with Crippen LogP contribution < -0.4 is 0 Å². The molecule has 3 rings (SSSR count). The van der Waals surface area contributed by atoms with E-state index in [9.17, 15) is 4.79 Å². The lowest BCUT2D eigenvalue weighted by Crippen LogP contribution is -2.42. The molecule has 1 heterocycles. The normalized spacial score (nSPS) is 64.7. The predicted molar refractivity (Wildman–Crippen MR) is 52.5 cm³/mol. The van der Waals surface area contributed by atoms with Gasteiger partial charge in [0.25, 0.3) is 0 Å². The van der Waals surface area contributed by atoms with Crippen molar-refractivity contribution in [1.29, 1.82) is 0 Å². The second-order valence-electron chi connectivity index (χ2n) is 5.98. The van der Waals surface area contributed by atoms with Gasteiger partial charge in [-0.1, -0.05) is 20.8 Å². The maximum Gasteiger partial charge on any atom is 0.312 e. The van der Waals surface area contributed by atoms with E-state index in [4.69, 9.17) is 4.74 Å². The third kappa shape index (κ3) is 0.582. The van der Waals surface area contributed by atoms with E-state index < -0.39 is 0 Å². The van der Waals surface area contributed by atoms with Crippen molar-refractivity contribution < 1.29 is 9.53 Å². The van der Waals surface area contributed by atoms with Gasteiger partial charge in [0.05, 0.1) is 5.41 Å². The van der Waals surface area contributed by atoms with E-state index in [0.29, 0.717) is 23.2 Å². The molecule has 2 bridgehead atoms. The Morgan fingerprint density at radius 3 is 2.57 bits per heavy atom. The zero-order valence-corrected chi connectivity index (χ0v) is 9.33. The highest BCUT2D eigenvalue weighted by Crippen LogP contribution is 2.72. The first-order chi connectivity index (χ1) is 6.42. The predicted octanol–water partition coefficient (Wildman–Crippen LogP) is 2.23. The second-order valence-corrected chi connectivity index (χ2v) is 5.98. The topological polar surface area (TPSA) is 26.3 Å². The van der Waals surface area contributed by atoms with E-state index in [1.807, 2.05) is 0 Å². The zero-order valence-electron chi connectivity index (χ0n) is 9.33. The lowest BCUT2D eigenvalue weighted by Gasteiger charge is -2.40. The number of carbonyl (C=O) groups is 1. The molecule has 6 atom stereocenters. The molecule has 0 spiro atoms. The van der Waals surface area contributed by atoms with Crippen LogP contribution in [0, 0.1) is 28.6 Å². The van der Waals surface area contributed by atoms with Crippen molar-refractivity contribution in [3.63, 3.8) is 0 Å². The Morgan fingerprint density at radius 1 is 1.36 bits per heavy atom. The van der Waals surface area contributed by atoms with Crippen molar-refractivity contribution in [3.8, 4) is 0 Å². The van der Waals surface area contributed by atoms with Crippen molar-refractivity contribution in [1.82, 2.24) is 0 Å². The van der Waals surface area contributed by atoms with Gasteiger partial charge in [-0.25, -0.2) is 0 Å². The van der Waals surface area contributed by atoms with Crippen molar-refractivity contribution in [2.45, 2.75) is 40.2 Å². The van der Waals surface area contributed by atoms with Crippen molar-refractivity contribution in [3.05, 3.63) is 0 Å². The molecule has 0 aromatic carbocycles. The van der Waals surface area contributed by atoms with Gasteiger partial charge in [-0.3, -0.25) is 4.79 Å². The summed E-state index contributed by atoms with van der Waals surface area (Å²) < 4.78 is 5.55. The first-order valence-electron chi connectivity index (χ1n) is 5.63. The van der Waals surface area contributed by atoms with Gasteiger partial charge in [-0.05, 0) is 30.6 Å².